The van der Waals surface area contributed by atoms with Gasteiger partial charge in [-0.25, -0.2) is 4.79 Å². The van der Waals surface area contributed by atoms with E-state index in [-0.39, 0.29) is 15.9 Å². The molecule has 0 aliphatic carbocycles. The molecule has 3 atom stereocenters. The second-order valence-corrected chi connectivity index (χ2v) is 11.3. The van der Waals surface area contributed by atoms with Gasteiger partial charge in [0.1, 0.15) is 14.8 Å². The number of carbonyl (C=O) groups excluding carboxylic acids is 2. The lowest BCUT2D eigenvalue weighted by atomic mass is 9.99. The summed E-state index contributed by atoms with van der Waals surface area (Å²) in [6.07, 6.45) is 1.51. The Labute approximate surface area is 234 Å². The summed E-state index contributed by atoms with van der Waals surface area (Å²) in [7, 11) is 1.33. The van der Waals surface area contributed by atoms with E-state index in [2.05, 4.69) is 5.32 Å². The fourth-order valence-corrected chi connectivity index (χ4v) is 6.11. The van der Waals surface area contributed by atoms with Crippen LogP contribution in [0.4, 0.5) is 0 Å². The largest absolute Gasteiger partial charge is 0.465 e. The average Bonchev–Trinajstić information content (AvgIpc) is 3.20. The van der Waals surface area contributed by atoms with Gasteiger partial charge in [-0.2, -0.15) is 0 Å². The first-order chi connectivity index (χ1) is 17.8. The highest BCUT2D eigenvalue weighted by atomic mass is 35.5. The Balaban J connectivity index is 1.64. The monoisotopic (exact) mass is 581 g/mol. The summed E-state index contributed by atoms with van der Waals surface area (Å²) in [6.45, 7) is 2.44. The third kappa shape index (κ3) is 6.66. The maximum Gasteiger partial charge on any atom is 0.337 e. The number of thiophene rings is 1. The molecule has 6 nitrogen and oxygen atoms in total. The number of nitrogens with one attached hydrogen (secondary N) is 1. The lowest BCUT2D eigenvalue weighted by Crippen LogP contribution is -2.29. The normalized spacial score (nSPS) is 17.2. The van der Waals surface area contributed by atoms with Crippen molar-refractivity contribution < 1.29 is 23.8 Å². The van der Waals surface area contributed by atoms with Crippen molar-refractivity contribution in [3.05, 3.63) is 90.0 Å². The van der Waals surface area contributed by atoms with E-state index >= 15 is 0 Å². The minimum Gasteiger partial charge on any atom is -0.465 e. The van der Waals surface area contributed by atoms with Crippen LogP contribution in [0.3, 0.4) is 0 Å². The second kappa shape index (κ2) is 12.6. The van der Waals surface area contributed by atoms with E-state index < -0.39 is 24.3 Å². The Hall–Kier alpha value is -2.13. The number of ether oxygens (including phenoxy) is 3. The molecule has 1 saturated heterocycles. The van der Waals surface area contributed by atoms with Crippen LogP contribution in [0, 0.1) is 0 Å². The standard InChI is InChI=1S/C27H26Cl3NO5S/c1-15(16-9-11-17(12-10-16)27(33)34-2)31-26(32)22-21(24(29)37-25(22)30)23(18-6-5-7-19(28)14-18)36-20-8-3-4-13-35-20/h5-7,9-12,14-15,20,23H,3-4,8,13H2,1-2H3,(H,31,32)/t15-,20?,23?/m0/s1. The van der Waals surface area contributed by atoms with Crippen molar-refractivity contribution in [3.63, 3.8) is 0 Å². The van der Waals surface area contributed by atoms with Gasteiger partial charge in [-0.3, -0.25) is 4.79 Å². The quantitative estimate of drug-likeness (QED) is 0.277. The van der Waals surface area contributed by atoms with Crippen LogP contribution < -0.4 is 5.32 Å². The summed E-state index contributed by atoms with van der Waals surface area (Å²) >= 11 is 20.6. The molecule has 196 valence electrons. The van der Waals surface area contributed by atoms with Gasteiger partial charge in [0.25, 0.3) is 5.91 Å². The van der Waals surface area contributed by atoms with Gasteiger partial charge < -0.3 is 19.5 Å². The van der Waals surface area contributed by atoms with Gasteiger partial charge in [0.05, 0.1) is 24.3 Å². The molecule has 10 heteroatoms. The molecule has 1 aliphatic heterocycles. The Kier molecular flexibility index (Phi) is 9.51. The highest BCUT2D eigenvalue weighted by Gasteiger charge is 2.33. The molecule has 0 spiro atoms. The minimum absolute atomic E-state index is 0.246. The van der Waals surface area contributed by atoms with Gasteiger partial charge in [-0.05, 0) is 61.6 Å². The lowest BCUT2D eigenvalue weighted by Gasteiger charge is -2.29. The Morgan fingerprint density at radius 3 is 2.46 bits per heavy atom. The average molecular weight is 583 g/mol. The van der Waals surface area contributed by atoms with Crippen molar-refractivity contribution in [2.75, 3.05) is 13.7 Å². The maximum atomic E-state index is 13.6. The van der Waals surface area contributed by atoms with E-state index in [1.165, 1.54) is 7.11 Å². The van der Waals surface area contributed by atoms with Gasteiger partial charge in [0.15, 0.2) is 6.29 Å². The summed E-state index contributed by atoms with van der Waals surface area (Å²) in [5, 5.41) is 3.52. The zero-order chi connectivity index (χ0) is 26.5. The molecule has 1 amide bonds. The van der Waals surface area contributed by atoms with E-state index in [4.69, 9.17) is 49.0 Å². The van der Waals surface area contributed by atoms with Gasteiger partial charge >= 0.3 is 5.97 Å². The number of carbonyl (C=O) groups is 2. The van der Waals surface area contributed by atoms with Crippen molar-refractivity contribution in [3.8, 4) is 0 Å². The summed E-state index contributed by atoms with van der Waals surface area (Å²) < 4.78 is 17.6. The molecule has 4 rings (SSSR count). The van der Waals surface area contributed by atoms with Crippen molar-refractivity contribution in [1.82, 2.24) is 5.32 Å². The van der Waals surface area contributed by atoms with E-state index in [9.17, 15) is 9.59 Å². The molecule has 0 bridgehead atoms. The van der Waals surface area contributed by atoms with Crippen LogP contribution in [0.2, 0.25) is 13.7 Å². The van der Waals surface area contributed by atoms with Crippen LogP contribution in [0.15, 0.2) is 48.5 Å². The van der Waals surface area contributed by atoms with Crippen molar-refractivity contribution in [2.24, 2.45) is 0 Å². The van der Waals surface area contributed by atoms with E-state index in [1.807, 2.05) is 19.1 Å². The topological polar surface area (TPSA) is 73.9 Å². The Morgan fingerprint density at radius 1 is 1.05 bits per heavy atom. The molecule has 1 N–H and O–H groups in total. The van der Waals surface area contributed by atoms with Crippen LogP contribution in [-0.4, -0.2) is 31.9 Å². The summed E-state index contributed by atoms with van der Waals surface area (Å²) in [6, 6.07) is 13.7. The number of hydrogen-bond acceptors (Lipinski definition) is 6. The molecular weight excluding hydrogens is 557 g/mol. The number of hydrogen-bond donors (Lipinski definition) is 1. The molecular formula is C27H26Cl3NO5S. The van der Waals surface area contributed by atoms with E-state index in [0.717, 1.165) is 41.7 Å². The first-order valence-electron chi connectivity index (χ1n) is 11.8. The van der Waals surface area contributed by atoms with Gasteiger partial charge in [0.2, 0.25) is 0 Å². The molecule has 2 aromatic carbocycles. The summed E-state index contributed by atoms with van der Waals surface area (Å²) in [5.74, 6) is -0.825. The predicted molar refractivity (Wildman–Crippen MR) is 146 cm³/mol. The number of benzene rings is 2. The second-order valence-electron chi connectivity index (χ2n) is 8.61. The van der Waals surface area contributed by atoms with E-state index in [0.29, 0.717) is 27.1 Å². The number of rotatable bonds is 8. The number of methoxy groups -OCH3 is 1. The minimum atomic E-state index is -0.714. The fourth-order valence-electron chi connectivity index (χ4n) is 4.17. The molecule has 37 heavy (non-hydrogen) atoms. The molecule has 2 heterocycles. The SMILES string of the molecule is COC(=O)c1ccc([C@H](C)NC(=O)c2c(Cl)sc(Cl)c2C(OC2CCCCO2)c2cccc(Cl)c2)cc1. The van der Waals surface area contributed by atoms with Crippen LogP contribution in [0.25, 0.3) is 0 Å². The highest BCUT2D eigenvalue weighted by Crippen LogP contribution is 2.45. The van der Waals surface area contributed by atoms with Gasteiger partial charge in [-0.1, -0.05) is 59.1 Å². The zero-order valence-corrected chi connectivity index (χ0v) is 23.3. The number of amides is 1. The summed E-state index contributed by atoms with van der Waals surface area (Å²) in [5.41, 5.74) is 2.68. The van der Waals surface area contributed by atoms with Crippen LogP contribution >= 0.6 is 46.1 Å². The number of halogens is 3. The lowest BCUT2D eigenvalue weighted by molar-refractivity contribution is -0.181. The molecule has 0 radical (unpaired) electrons. The molecule has 3 aromatic rings. The van der Waals surface area contributed by atoms with Crippen LogP contribution in [-0.2, 0) is 14.2 Å². The third-order valence-corrected chi connectivity index (χ3v) is 7.98. The molecule has 1 aromatic heterocycles. The van der Waals surface area contributed by atoms with Gasteiger partial charge in [-0.15, -0.1) is 11.3 Å². The van der Waals surface area contributed by atoms with Crippen molar-refractivity contribution >= 4 is 58.0 Å². The Bertz CT molecular complexity index is 1260. The zero-order valence-electron chi connectivity index (χ0n) is 20.3. The molecule has 1 aliphatic rings. The van der Waals surface area contributed by atoms with Crippen LogP contribution in [0.1, 0.15) is 75.7 Å². The summed E-state index contributed by atoms with van der Waals surface area (Å²) in [4.78, 5) is 25.3. The van der Waals surface area contributed by atoms with Gasteiger partial charge in [0, 0.05) is 17.2 Å². The first kappa shape index (κ1) is 27.9. The molecule has 1 fully saturated rings. The van der Waals surface area contributed by atoms with Crippen molar-refractivity contribution in [1.29, 1.82) is 0 Å². The smallest absolute Gasteiger partial charge is 0.337 e. The predicted octanol–water partition coefficient (Wildman–Crippen LogP) is 7.62. The Morgan fingerprint density at radius 2 is 1.81 bits per heavy atom. The third-order valence-electron chi connectivity index (χ3n) is 6.10. The first-order valence-corrected chi connectivity index (χ1v) is 13.7. The number of esters is 1. The van der Waals surface area contributed by atoms with Crippen LogP contribution in [0.5, 0.6) is 0 Å². The fraction of sp³-hybridized carbons (Fsp3) is 0.333. The molecule has 0 saturated carbocycles. The maximum absolute atomic E-state index is 13.6. The highest BCUT2D eigenvalue weighted by molar-refractivity contribution is 7.20. The van der Waals surface area contributed by atoms with Crippen molar-refractivity contribution in [2.45, 2.75) is 44.6 Å². The molecule has 2 unspecified atom stereocenters. The van der Waals surface area contributed by atoms with E-state index in [1.54, 1.807) is 36.4 Å².